The number of methoxy groups -OCH3 is 1. The van der Waals surface area contributed by atoms with E-state index in [-0.39, 0.29) is 6.04 Å². The van der Waals surface area contributed by atoms with Gasteiger partial charge in [0.1, 0.15) is 5.75 Å². The van der Waals surface area contributed by atoms with Gasteiger partial charge >= 0.3 is 0 Å². The van der Waals surface area contributed by atoms with Crippen LogP contribution in [0.1, 0.15) is 30.9 Å². The van der Waals surface area contributed by atoms with Crippen molar-refractivity contribution in [3.05, 3.63) is 29.3 Å². The van der Waals surface area contributed by atoms with Crippen LogP contribution in [0.4, 0.5) is 0 Å². The highest BCUT2D eigenvalue weighted by Gasteiger charge is 2.13. The zero-order valence-electron chi connectivity index (χ0n) is 11.5. The Balaban J connectivity index is 2.10. The molecular weight excluding hydrogens is 224 g/mol. The van der Waals surface area contributed by atoms with E-state index in [9.17, 15) is 0 Å². The van der Waals surface area contributed by atoms with Gasteiger partial charge in [0.2, 0.25) is 0 Å². The zero-order valence-corrected chi connectivity index (χ0v) is 11.5. The summed E-state index contributed by atoms with van der Waals surface area (Å²) in [6.45, 7) is 5.55. The van der Waals surface area contributed by atoms with E-state index in [2.05, 4.69) is 23.1 Å². The number of ether oxygens (including phenoxy) is 1. The standard InChI is InChI=1S/C15H24N2O/c1-12(16)9-14-10-13(5-6-15(14)18-2)11-17-7-3-4-8-17/h5-6,10,12H,3-4,7-9,11,16H2,1-2H3. The predicted molar refractivity (Wildman–Crippen MR) is 74.9 cm³/mol. The first-order valence-electron chi connectivity index (χ1n) is 6.83. The quantitative estimate of drug-likeness (QED) is 0.868. The highest BCUT2D eigenvalue weighted by atomic mass is 16.5. The van der Waals surface area contributed by atoms with Gasteiger partial charge < -0.3 is 10.5 Å². The number of likely N-dealkylation sites (tertiary alicyclic amines) is 1. The van der Waals surface area contributed by atoms with Crippen molar-refractivity contribution < 1.29 is 4.74 Å². The first-order valence-corrected chi connectivity index (χ1v) is 6.83. The fourth-order valence-corrected chi connectivity index (χ4v) is 2.64. The molecule has 1 aromatic rings. The molecule has 1 heterocycles. The second-order valence-electron chi connectivity index (χ2n) is 5.31. The van der Waals surface area contributed by atoms with Crippen LogP contribution in [0.5, 0.6) is 5.75 Å². The van der Waals surface area contributed by atoms with Crippen molar-refractivity contribution in [2.45, 2.75) is 38.8 Å². The lowest BCUT2D eigenvalue weighted by Crippen LogP contribution is -2.20. The van der Waals surface area contributed by atoms with E-state index < -0.39 is 0 Å². The Hall–Kier alpha value is -1.06. The molecule has 18 heavy (non-hydrogen) atoms. The fourth-order valence-electron chi connectivity index (χ4n) is 2.64. The molecule has 1 saturated heterocycles. The fraction of sp³-hybridized carbons (Fsp3) is 0.600. The number of hydrogen-bond acceptors (Lipinski definition) is 3. The lowest BCUT2D eigenvalue weighted by Gasteiger charge is -2.17. The summed E-state index contributed by atoms with van der Waals surface area (Å²) in [6, 6.07) is 6.66. The van der Waals surface area contributed by atoms with Crippen LogP contribution in [-0.2, 0) is 13.0 Å². The minimum absolute atomic E-state index is 0.168. The minimum Gasteiger partial charge on any atom is -0.496 e. The normalized spacial score (nSPS) is 17.9. The SMILES string of the molecule is COc1ccc(CN2CCCC2)cc1CC(C)N. The summed E-state index contributed by atoms with van der Waals surface area (Å²) in [6.07, 6.45) is 3.54. The van der Waals surface area contributed by atoms with Gasteiger partial charge in [0.05, 0.1) is 7.11 Å². The molecular formula is C15H24N2O. The molecule has 0 radical (unpaired) electrons. The van der Waals surface area contributed by atoms with Crippen molar-refractivity contribution in [1.82, 2.24) is 4.90 Å². The molecule has 0 saturated carbocycles. The van der Waals surface area contributed by atoms with E-state index in [4.69, 9.17) is 10.5 Å². The average molecular weight is 248 g/mol. The Labute approximate surface area is 110 Å². The van der Waals surface area contributed by atoms with Gasteiger partial charge in [-0.15, -0.1) is 0 Å². The van der Waals surface area contributed by atoms with Crippen molar-refractivity contribution in [2.75, 3.05) is 20.2 Å². The zero-order chi connectivity index (χ0) is 13.0. The highest BCUT2D eigenvalue weighted by Crippen LogP contribution is 2.23. The molecule has 0 amide bonds. The third-order valence-electron chi connectivity index (χ3n) is 3.49. The van der Waals surface area contributed by atoms with Crippen LogP contribution >= 0.6 is 0 Å². The Morgan fingerprint density at radius 1 is 1.33 bits per heavy atom. The van der Waals surface area contributed by atoms with Crippen LogP contribution in [0.3, 0.4) is 0 Å². The first-order chi connectivity index (χ1) is 8.69. The Kier molecular flexibility index (Phi) is 4.61. The molecule has 0 spiro atoms. The van der Waals surface area contributed by atoms with Crippen LogP contribution in [0.2, 0.25) is 0 Å². The van der Waals surface area contributed by atoms with Crippen molar-refractivity contribution in [1.29, 1.82) is 0 Å². The molecule has 0 aromatic heterocycles. The topological polar surface area (TPSA) is 38.5 Å². The molecule has 1 unspecified atom stereocenters. The monoisotopic (exact) mass is 248 g/mol. The van der Waals surface area contributed by atoms with E-state index >= 15 is 0 Å². The van der Waals surface area contributed by atoms with Gasteiger partial charge in [-0.3, -0.25) is 4.90 Å². The van der Waals surface area contributed by atoms with Crippen molar-refractivity contribution in [2.24, 2.45) is 5.73 Å². The molecule has 1 atom stereocenters. The molecule has 100 valence electrons. The van der Waals surface area contributed by atoms with E-state index in [0.717, 1.165) is 18.7 Å². The van der Waals surface area contributed by atoms with Gasteiger partial charge in [-0.2, -0.15) is 0 Å². The third-order valence-corrected chi connectivity index (χ3v) is 3.49. The first kappa shape index (κ1) is 13.4. The maximum atomic E-state index is 5.90. The van der Waals surface area contributed by atoms with Gasteiger partial charge in [-0.1, -0.05) is 12.1 Å². The van der Waals surface area contributed by atoms with Gasteiger partial charge in [0, 0.05) is 12.6 Å². The summed E-state index contributed by atoms with van der Waals surface area (Å²) in [5, 5.41) is 0. The average Bonchev–Trinajstić information content (AvgIpc) is 2.81. The van der Waals surface area contributed by atoms with Crippen LogP contribution in [0.15, 0.2) is 18.2 Å². The van der Waals surface area contributed by atoms with E-state index in [0.29, 0.717) is 0 Å². The number of rotatable bonds is 5. The Morgan fingerprint density at radius 2 is 2.06 bits per heavy atom. The molecule has 0 aliphatic carbocycles. The molecule has 1 fully saturated rings. The lowest BCUT2D eigenvalue weighted by molar-refractivity contribution is 0.331. The molecule has 3 heteroatoms. The second kappa shape index (κ2) is 6.21. The number of hydrogen-bond donors (Lipinski definition) is 1. The van der Waals surface area contributed by atoms with Crippen LogP contribution in [0, 0.1) is 0 Å². The maximum Gasteiger partial charge on any atom is 0.122 e. The number of nitrogens with zero attached hydrogens (tertiary/aromatic N) is 1. The van der Waals surface area contributed by atoms with Crippen molar-refractivity contribution in [3.8, 4) is 5.75 Å². The van der Waals surface area contributed by atoms with Gasteiger partial charge in [-0.05, 0) is 56.5 Å². The summed E-state index contributed by atoms with van der Waals surface area (Å²) in [7, 11) is 1.72. The van der Waals surface area contributed by atoms with Crippen LogP contribution in [-0.4, -0.2) is 31.1 Å². The molecule has 1 aromatic carbocycles. The van der Waals surface area contributed by atoms with Gasteiger partial charge in [-0.25, -0.2) is 0 Å². The summed E-state index contributed by atoms with van der Waals surface area (Å²) in [4.78, 5) is 2.51. The summed E-state index contributed by atoms with van der Waals surface area (Å²) < 4.78 is 5.40. The molecule has 2 rings (SSSR count). The van der Waals surface area contributed by atoms with Gasteiger partial charge in [0.15, 0.2) is 0 Å². The smallest absolute Gasteiger partial charge is 0.122 e. The van der Waals surface area contributed by atoms with Crippen LogP contribution < -0.4 is 10.5 Å². The number of nitrogens with two attached hydrogens (primary N) is 1. The van der Waals surface area contributed by atoms with E-state index in [1.54, 1.807) is 7.11 Å². The van der Waals surface area contributed by atoms with E-state index in [1.807, 2.05) is 6.92 Å². The van der Waals surface area contributed by atoms with Crippen LogP contribution in [0.25, 0.3) is 0 Å². The summed E-state index contributed by atoms with van der Waals surface area (Å²) in [5.74, 6) is 0.956. The van der Waals surface area contributed by atoms with E-state index in [1.165, 1.54) is 37.1 Å². The largest absolute Gasteiger partial charge is 0.496 e. The maximum absolute atomic E-state index is 5.90. The Bertz CT molecular complexity index is 384. The number of benzene rings is 1. The van der Waals surface area contributed by atoms with Crippen molar-refractivity contribution >= 4 is 0 Å². The molecule has 0 bridgehead atoms. The molecule has 2 N–H and O–H groups in total. The molecule has 1 aliphatic heterocycles. The second-order valence-corrected chi connectivity index (χ2v) is 5.31. The van der Waals surface area contributed by atoms with Crippen molar-refractivity contribution in [3.63, 3.8) is 0 Å². The lowest BCUT2D eigenvalue weighted by atomic mass is 10.0. The minimum atomic E-state index is 0.168. The van der Waals surface area contributed by atoms with Gasteiger partial charge in [0.25, 0.3) is 0 Å². The predicted octanol–water partition coefficient (Wildman–Crippen LogP) is 2.18. The summed E-state index contributed by atoms with van der Waals surface area (Å²) >= 11 is 0. The highest BCUT2D eigenvalue weighted by molar-refractivity contribution is 5.37. The molecule has 1 aliphatic rings. The summed E-state index contributed by atoms with van der Waals surface area (Å²) in [5.41, 5.74) is 8.49. The molecule has 3 nitrogen and oxygen atoms in total. The third kappa shape index (κ3) is 3.47. The Morgan fingerprint density at radius 3 is 2.67 bits per heavy atom.